The first-order valence-electron chi connectivity index (χ1n) is 10.5. The zero-order valence-corrected chi connectivity index (χ0v) is 19.5. The van der Waals surface area contributed by atoms with Gasteiger partial charge in [-0.25, -0.2) is 17.8 Å². The number of ether oxygens (including phenoxy) is 1. The quantitative estimate of drug-likeness (QED) is 0.430. The molecule has 1 aliphatic heterocycles. The Hall–Kier alpha value is -3.12. The van der Waals surface area contributed by atoms with Gasteiger partial charge in [-0.1, -0.05) is 12.1 Å². The van der Waals surface area contributed by atoms with Gasteiger partial charge in [0, 0.05) is 35.0 Å². The summed E-state index contributed by atoms with van der Waals surface area (Å²) < 4.78 is 51.1. The standard InChI is InChI=1S/C23H20FN3O5S2/c24-17-3-6-21-19(12-17)16(13-32-21)11-22(28)26-23-25-20(14-33-23)15-1-4-18(5-2-15)34(29,30)27-7-9-31-10-8-27/h1-6,12-14H,7-11H2,(H,25,26,28). The van der Waals surface area contributed by atoms with Gasteiger partial charge in [-0.3, -0.25) is 4.79 Å². The highest BCUT2D eigenvalue weighted by atomic mass is 32.2. The van der Waals surface area contributed by atoms with E-state index in [9.17, 15) is 17.6 Å². The molecule has 0 radical (unpaired) electrons. The summed E-state index contributed by atoms with van der Waals surface area (Å²) >= 11 is 1.26. The molecule has 1 N–H and O–H groups in total. The molecule has 176 valence electrons. The number of benzene rings is 2. The van der Waals surface area contributed by atoms with Crippen molar-refractivity contribution < 1.29 is 26.8 Å². The van der Waals surface area contributed by atoms with E-state index in [4.69, 9.17) is 9.15 Å². The number of nitrogens with one attached hydrogen (secondary N) is 1. The molecule has 8 nitrogen and oxygen atoms in total. The number of furan rings is 1. The summed E-state index contributed by atoms with van der Waals surface area (Å²) in [6.07, 6.45) is 1.46. The van der Waals surface area contributed by atoms with Crippen LogP contribution in [-0.4, -0.2) is 49.9 Å². The Balaban J connectivity index is 1.26. The maximum Gasteiger partial charge on any atom is 0.243 e. The van der Waals surface area contributed by atoms with Gasteiger partial charge in [-0.2, -0.15) is 4.31 Å². The van der Waals surface area contributed by atoms with Crippen LogP contribution in [0.1, 0.15) is 5.56 Å². The van der Waals surface area contributed by atoms with Crippen LogP contribution in [0.4, 0.5) is 9.52 Å². The van der Waals surface area contributed by atoms with Crippen LogP contribution in [0.2, 0.25) is 0 Å². The molecular weight excluding hydrogens is 481 g/mol. The van der Waals surface area contributed by atoms with Crippen LogP contribution >= 0.6 is 11.3 Å². The molecule has 0 atom stereocenters. The second-order valence-electron chi connectivity index (χ2n) is 7.71. The van der Waals surface area contributed by atoms with Crippen molar-refractivity contribution in [2.45, 2.75) is 11.3 Å². The van der Waals surface area contributed by atoms with Gasteiger partial charge in [0.25, 0.3) is 0 Å². The van der Waals surface area contributed by atoms with Crippen molar-refractivity contribution in [3.8, 4) is 11.3 Å². The minimum atomic E-state index is -3.57. The van der Waals surface area contributed by atoms with E-state index in [-0.39, 0.29) is 17.2 Å². The molecule has 0 unspecified atom stereocenters. The second kappa shape index (κ2) is 9.26. The van der Waals surface area contributed by atoms with Crippen molar-refractivity contribution >= 4 is 43.4 Å². The number of rotatable bonds is 6. The van der Waals surface area contributed by atoms with Gasteiger partial charge in [0.05, 0.1) is 36.5 Å². The van der Waals surface area contributed by atoms with Crippen LogP contribution < -0.4 is 5.32 Å². The molecule has 0 bridgehead atoms. The van der Waals surface area contributed by atoms with Crippen LogP contribution in [0, 0.1) is 5.82 Å². The molecule has 1 saturated heterocycles. The van der Waals surface area contributed by atoms with E-state index in [1.807, 2.05) is 0 Å². The Kier molecular flexibility index (Phi) is 6.17. The smallest absolute Gasteiger partial charge is 0.243 e. The first-order valence-corrected chi connectivity index (χ1v) is 12.8. The van der Waals surface area contributed by atoms with Crippen molar-refractivity contribution in [3.63, 3.8) is 0 Å². The molecule has 0 aliphatic carbocycles. The molecule has 2 aromatic carbocycles. The van der Waals surface area contributed by atoms with E-state index in [0.29, 0.717) is 53.7 Å². The molecule has 0 spiro atoms. The molecule has 1 amide bonds. The molecule has 4 aromatic rings. The number of hydrogen-bond acceptors (Lipinski definition) is 7. The predicted molar refractivity (Wildman–Crippen MR) is 126 cm³/mol. The number of nitrogens with zero attached hydrogens (tertiary/aromatic N) is 2. The third kappa shape index (κ3) is 4.60. The van der Waals surface area contributed by atoms with Crippen molar-refractivity contribution in [2.75, 3.05) is 31.6 Å². The van der Waals surface area contributed by atoms with Gasteiger partial charge in [0.1, 0.15) is 11.4 Å². The van der Waals surface area contributed by atoms with E-state index in [0.717, 1.165) is 5.56 Å². The number of anilines is 1. The van der Waals surface area contributed by atoms with E-state index in [1.54, 1.807) is 29.6 Å². The zero-order chi connectivity index (χ0) is 23.7. The van der Waals surface area contributed by atoms with Crippen molar-refractivity contribution in [3.05, 3.63) is 65.5 Å². The van der Waals surface area contributed by atoms with E-state index < -0.39 is 15.8 Å². The van der Waals surface area contributed by atoms with E-state index in [2.05, 4.69) is 10.3 Å². The van der Waals surface area contributed by atoms with Crippen molar-refractivity contribution in [1.29, 1.82) is 0 Å². The number of thiazole rings is 1. The number of morpholine rings is 1. The van der Waals surface area contributed by atoms with Gasteiger partial charge in [-0.15, -0.1) is 11.3 Å². The molecule has 11 heteroatoms. The van der Waals surface area contributed by atoms with Gasteiger partial charge >= 0.3 is 0 Å². The summed E-state index contributed by atoms with van der Waals surface area (Å²) in [5.41, 5.74) is 2.45. The first-order chi connectivity index (χ1) is 16.4. The number of sulfonamides is 1. The normalized spacial score (nSPS) is 15.0. The maximum absolute atomic E-state index is 13.5. The number of carbonyl (C=O) groups is 1. The molecule has 5 rings (SSSR count). The third-order valence-corrected chi connectivity index (χ3v) is 8.15. The van der Waals surface area contributed by atoms with Crippen LogP contribution in [0.25, 0.3) is 22.2 Å². The van der Waals surface area contributed by atoms with Gasteiger partial charge in [-0.05, 0) is 30.3 Å². The molecule has 2 aromatic heterocycles. The summed E-state index contributed by atoms with van der Waals surface area (Å²) in [7, 11) is -3.57. The Morgan fingerprint density at radius 2 is 1.91 bits per heavy atom. The summed E-state index contributed by atoms with van der Waals surface area (Å²) in [6, 6.07) is 10.7. The Morgan fingerprint density at radius 3 is 2.68 bits per heavy atom. The number of hydrogen-bond donors (Lipinski definition) is 1. The Bertz CT molecular complexity index is 1440. The minimum Gasteiger partial charge on any atom is -0.464 e. The highest BCUT2D eigenvalue weighted by molar-refractivity contribution is 7.89. The van der Waals surface area contributed by atoms with E-state index in [1.165, 1.54) is 40.1 Å². The number of fused-ring (bicyclic) bond motifs is 1. The molecular formula is C23H20FN3O5S2. The Labute approximate surface area is 199 Å². The minimum absolute atomic E-state index is 0.0134. The average Bonchev–Trinajstić information content (AvgIpc) is 3.47. The molecule has 34 heavy (non-hydrogen) atoms. The summed E-state index contributed by atoms with van der Waals surface area (Å²) in [5, 5.41) is 5.49. The fourth-order valence-electron chi connectivity index (χ4n) is 3.72. The lowest BCUT2D eigenvalue weighted by Gasteiger charge is -2.26. The van der Waals surface area contributed by atoms with Crippen molar-refractivity contribution in [2.24, 2.45) is 0 Å². The summed E-state index contributed by atoms with van der Waals surface area (Å²) in [5.74, 6) is -0.705. The fraction of sp³-hybridized carbons (Fsp3) is 0.217. The monoisotopic (exact) mass is 501 g/mol. The highest BCUT2D eigenvalue weighted by Gasteiger charge is 2.26. The lowest BCUT2D eigenvalue weighted by molar-refractivity contribution is -0.115. The molecule has 3 heterocycles. The number of halogens is 1. The topological polar surface area (TPSA) is 102 Å². The average molecular weight is 502 g/mol. The molecule has 0 saturated carbocycles. The van der Waals surface area contributed by atoms with Crippen LogP contribution in [0.5, 0.6) is 0 Å². The van der Waals surface area contributed by atoms with Crippen LogP contribution in [0.15, 0.2) is 63.4 Å². The first kappa shape index (κ1) is 22.7. The number of amides is 1. The van der Waals surface area contributed by atoms with Gasteiger partial charge < -0.3 is 14.5 Å². The third-order valence-electron chi connectivity index (χ3n) is 5.48. The zero-order valence-electron chi connectivity index (χ0n) is 17.9. The SMILES string of the molecule is O=C(Cc1coc2ccc(F)cc12)Nc1nc(-c2ccc(S(=O)(=O)N3CCOCC3)cc2)cs1. The largest absolute Gasteiger partial charge is 0.464 e. The Morgan fingerprint density at radius 1 is 1.15 bits per heavy atom. The van der Waals surface area contributed by atoms with Gasteiger partial charge in [0.2, 0.25) is 15.9 Å². The molecule has 1 fully saturated rings. The lowest BCUT2D eigenvalue weighted by atomic mass is 10.1. The highest BCUT2D eigenvalue weighted by Crippen LogP contribution is 2.28. The number of aromatic nitrogens is 1. The predicted octanol–water partition coefficient (Wildman–Crippen LogP) is 3.90. The van der Waals surface area contributed by atoms with Crippen LogP contribution in [0.3, 0.4) is 0 Å². The van der Waals surface area contributed by atoms with E-state index >= 15 is 0 Å². The maximum atomic E-state index is 13.5. The number of carbonyl (C=O) groups excluding carboxylic acids is 1. The lowest BCUT2D eigenvalue weighted by Crippen LogP contribution is -2.40. The van der Waals surface area contributed by atoms with Crippen LogP contribution in [-0.2, 0) is 26.0 Å². The summed E-state index contributed by atoms with van der Waals surface area (Å²) in [6.45, 7) is 1.45. The second-order valence-corrected chi connectivity index (χ2v) is 10.5. The fourth-order valence-corrected chi connectivity index (χ4v) is 5.87. The molecule has 1 aliphatic rings. The summed E-state index contributed by atoms with van der Waals surface area (Å²) in [4.78, 5) is 17.1. The van der Waals surface area contributed by atoms with Gasteiger partial charge in [0.15, 0.2) is 5.13 Å². The van der Waals surface area contributed by atoms with Crippen molar-refractivity contribution in [1.82, 2.24) is 9.29 Å².